The molecule has 2 aromatic heterocycles. The zero-order chi connectivity index (χ0) is 20.0. The average molecular weight is 415 g/mol. The van der Waals surface area contributed by atoms with Crippen molar-refractivity contribution in [3.63, 3.8) is 0 Å². The van der Waals surface area contributed by atoms with Crippen LogP contribution in [0.5, 0.6) is 0 Å². The van der Waals surface area contributed by atoms with Gasteiger partial charge in [-0.05, 0) is 25.0 Å². The maximum atomic E-state index is 12.9. The number of carbonyl (C=O) groups excluding carboxylic acids is 1. The Hall–Kier alpha value is -2.72. The highest BCUT2D eigenvalue weighted by Gasteiger charge is 2.34. The maximum absolute atomic E-state index is 12.9. The Balaban J connectivity index is 1.30. The van der Waals surface area contributed by atoms with Crippen molar-refractivity contribution in [3.8, 4) is 0 Å². The highest BCUT2D eigenvalue weighted by atomic mass is 32.2. The zero-order valence-electron chi connectivity index (χ0n) is 15.8. The Morgan fingerprint density at radius 1 is 1.21 bits per heavy atom. The Morgan fingerprint density at radius 2 is 2.07 bits per heavy atom. The van der Waals surface area contributed by atoms with E-state index in [4.69, 9.17) is 4.52 Å². The summed E-state index contributed by atoms with van der Waals surface area (Å²) in [4.78, 5) is 13.7. The van der Waals surface area contributed by atoms with E-state index in [1.54, 1.807) is 21.8 Å². The quantitative estimate of drug-likeness (QED) is 0.631. The van der Waals surface area contributed by atoms with Crippen LogP contribution in [-0.2, 0) is 20.6 Å². The number of carbonyl (C=O) groups is 1. The molecule has 2 fully saturated rings. The summed E-state index contributed by atoms with van der Waals surface area (Å²) in [5.74, 6) is -0.0800. The number of rotatable bonds is 5. The first-order valence-electron chi connectivity index (χ1n) is 9.67. The average Bonchev–Trinajstić information content (AvgIpc) is 3.48. The van der Waals surface area contributed by atoms with Crippen LogP contribution in [-0.4, -0.2) is 53.2 Å². The van der Waals surface area contributed by atoms with Gasteiger partial charge in [0.15, 0.2) is 5.58 Å². The van der Waals surface area contributed by atoms with Gasteiger partial charge < -0.3 is 9.42 Å². The Morgan fingerprint density at radius 3 is 2.90 bits per heavy atom. The molecule has 0 spiro atoms. The largest absolute Gasteiger partial charge is 0.356 e. The predicted octanol–water partition coefficient (Wildman–Crippen LogP) is 1.93. The summed E-state index contributed by atoms with van der Waals surface area (Å²) in [5.41, 5.74) is 1.79. The third-order valence-corrected chi connectivity index (χ3v) is 7.39. The summed E-state index contributed by atoms with van der Waals surface area (Å²) in [6.07, 6.45) is 5.62. The number of amides is 1. The van der Waals surface area contributed by atoms with E-state index < -0.39 is 10.0 Å². The van der Waals surface area contributed by atoms with Crippen LogP contribution in [0.15, 0.2) is 41.2 Å². The van der Waals surface area contributed by atoms with Gasteiger partial charge in [0.05, 0.1) is 17.9 Å². The minimum atomic E-state index is -3.53. The van der Waals surface area contributed by atoms with Crippen LogP contribution in [0.25, 0.3) is 11.0 Å². The SMILES string of the molecule is O=C1CCCN1c1cnn(C2CCN(S(=O)(=O)Cc3noc4ccccc34)C2)c1. The summed E-state index contributed by atoms with van der Waals surface area (Å²) < 4.78 is 34.4. The van der Waals surface area contributed by atoms with Gasteiger partial charge in [-0.3, -0.25) is 9.48 Å². The van der Waals surface area contributed by atoms with Crippen molar-refractivity contribution in [2.45, 2.75) is 31.1 Å². The summed E-state index contributed by atoms with van der Waals surface area (Å²) in [6.45, 7) is 1.50. The molecule has 0 N–H and O–H groups in total. The second-order valence-electron chi connectivity index (χ2n) is 7.51. The second-order valence-corrected chi connectivity index (χ2v) is 9.48. The molecule has 5 rings (SSSR count). The lowest BCUT2D eigenvalue weighted by atomic mass is 10.2. The molecule has 1 unspecified atom stereocenters. The van der Waals surface area contributed by atoms with E-state index in [0.717, 1.165) is 17.5 Å². The fourth-order valence-electron chi connectivity index (χ4n) is 4.07. The van der Waals surface area contributed by atoms with E-state index in [2.05, 4.69) is 10.3 Å². The third-order valence-electron chi connectivity index (χ3n) is 5.64. The van der Waals surface area contributed by atoms with E-state index in [1.807, 2.05) is 24.4 Å². The van der Waals surface area contributed by atoms with Crippen LogP contribution >= 0.6 is 0 Å². The number of hydrogen-bond acceptors (Lipinski definition) is 6. The van der Waals surface area contributed by atoms with Gasteiger partial charge in [-0.15, -0.1) is 0 Å². The summed E-state index contributed by atoms with van der Waals surface area (Å²) in [5, 5.41) is 9.05. The van der Waals surface area contributed by atoms with Gasteiger partial charge in [-0.1, -0.05) is 17.3 Å². The van der Waals surface area contributed by atoms with Crippen molar-refractivity contribution >= 4 is 32.6 Å². The summed E-state index contributed by atoms with van der Waals surface area (Å²) in [6, 6.07) is 7.19. The van der Waals surface area contributed by atoms with Crippen molar-refractivity contribution in [2.24, 2.45) is 0 Å². The van der Waals surface area contributed by atoms with Crippen molar-refractivity contribution in [3.05, 3.63) is 42.4 Å². The molecule has 1 aromatic carbocycles. The van der Waals surface area contributed by atoms with E-state index in [1.165, 1.54) is 4.31 Å². The Labute approximate surface area is 167 Å². The van der Waals surface area contributed by atoms with E-state index >= 15 is 0 Å². The molecule has 10 heteroatoms. The summed E-state index contributed by atoms with van der Waals surface area (Å²) in [7, 11) is -3.53. The molecule has 1 atom stereocenters. The van der Waals surface area contributed by atoms with Crippen LogP contribution in [0.1, 0.15) is 31.0 Å². The monoisotopic (exact) mass is 415 g/mol. The molecule has 9 nitrogen and oxygen atoms in total. The molecule has 152 valence electrons. The Bertz CT molecular complexity index is 1170. The van der Waals surface area contributed by atoms with Crippen LogP contribution < -0.4 is 4.90 Å². The fraction of sp³-hybridized carbons (Fsp3) is 0.421. The molecule has 0 aliphatic carbocycles. The second kappa shape index (κ2) is 6.96. The molecule has 4 heterocycles. The smallest absolute Gasteiger partial charge is 0.227 e. The topological polar surface area (TPSA) is 102 Å². The van der Waals surface area contributed by atoms with Gasteiger partial charge >= 0.3 is 0 Å². The van der Waals surface area contributed by atoms with E-state index in [9.17, 15) is 13.2 Å². The van der Waals surface area contributed by atoms with Crippen molar-refractivity contribution in [1.82, 2.24) is 19.2 Å². The van der Waals surface area contributed by atoms with Crippen LogP contribution in [0.3, 0.4) is 0 Å². The number of aromatic nitrogens is 3. The number of sulfonamides is 1. The standard InChI is InChI=1S/C19H21N5O4S/c25-19-6-3-8-23(19)15-10-20-24(12-15)14-7-9-22(11-14)29(26,27)13-17-16-4-1-2-5-18(16)28-21-17/h1-2,4-5,10,12,14H,3,6-9,11,13H2. The molecular formula is C19H21N5O4S. The van der Waals surface area contributed by atoms with Gasteiger partial charge in [0, 0.05) is 37.6 Å². The molecular weight excluding hydrogens is 394 g/mol. The number of benzene rings is 1. The van der Waals surface area contributed by atoms with Crippen molar-refractivity contribution in [2.75, 3.05) is 24.5 Å². The van der Waals surface area contributed by atoms with Gasteiger partial charge in [0.1, 0.15) is 11.4 Å². The molecule has 0 bridgehead atoms. The maximum Gasteiger partial charge on any atom is 0.227 e. The number of hydrogen-bond donors (Lipinski definition) is 0. The lowest BCUT2D eigenvalue weighted by Crippen LogP contribution is -2.30. The van der Waals surface area contributed by atoms with E-state index in [-0.39, 0.29) is 17.7 Å². The molecule has 2 saturated heterocycles. The first-order valence-corrected chi connectivity index (χ1v) is 11.3. The number of anilines is 1. The molecule has 2 aliphatic heterocycles. The van der Waals surface area contributed by atoms with Gasteiger partial charge in [0.2, 0.25) is 15.9 Å². The summed E-state index contributed by atoms with van der Waals surface area (Å²) >= 11 is 0. The predicted molar refractivity (Wildman–Crippen MR) is 106 cm³/mol. The molecule has 29 heavy (non-hydrogen) atoms. The third kappa shape index (κ3) is 3.32. The van der Waals surface area contributed by atoms with Gasteiger partial charge in [-0.25, -0.2) is 8.42 Å². The lowest BCUT2D eigenvalue weighted by molar-refractivity contribution is -0.117. The number of fused-ring (bicyclic) bond motifs is 1. The van der Waals surface area contributed by atoms with Crippen LogP contribution in [0.4, 0.5) is 5.69 Å². The fourth-order valence-corrected chi connectivity index (χ4v) is 5.59. The van der Waals surface area contributed by atoms with E-state index in [0.29, 0.717) is 43.8 Å². The first kappa shape index (κ1) is 18.3. The first-order chi connectivity index (χ1) is 14.0. The lowest BCUT2D eigenvalue weighted by Gasteiger charge is -2.16. The minimum Gasteiger partial charge on any atom is -0.356 e. The Kier molecular flexibility index (Phi) is 4.39. The highest BCUT2D eigenvalue weighted by molar-refractivity contribution is 7.88. The normalized spacial score (nSPS) is 20.9. The van der Waals surface area contributed by atoms with Gasteiger partial charge in [-0.2, -0.15) is 9.40 Å². The van der Waals surface area contributed by atoms with Gasteiger partial charge in [0.25, 0.3) is 0 Å². The minimum absolute atomic E-state index is 0.0507. The van der Waals surface area contributed by atoms with Crippen LogP contribution in [0, 0.1) is 0 Å². The zero-order valence-corrected chi connectivity index (χ0v) is 16.6. The molecule has 3 aromatic rings. The number of para-hydroxylation sites is 1. The molecule has 0 saturated carbocycles. The molecule has 2 aliphatic rings. The van der Waals surface area contributed by atoms with Crippen LogP contribution in [0.2, 0.25) is 0 Å². The van der Waals surface area contributed by atoms with Crippen molar-refractivity contribution in [1.29, 1.82) is 0 Å². The number of nitrogens with zero attached hydrogens (tertiary/aromatic N) is 5. The molecule has 0 radical (unpaired) electrons. The highest BCUT2D eigenvalue weighted by Crippen LogP contribution is 2.29. The molecule has 1 amide bonds. The van der Waals surface area contributed by atoms with Crippen molar-refractivity contribution < 1.29 is 17.7 Å².